The fourth-order valence-corrected chi connectivity index (χ4v) is 1.52. The molecule has 7 nitrogen and oxygen atoms in total. The fraction of sp³-hybridized carbons (Fsp3) is 0.400. The van der Waals surface area contributed by atoms with E-state index in [-0.39, 0.29) is 28.5 Å². The van der Waals surface area contributed by atoms with Gasteiger partial charge in [-0.2, -0.15) is 0 Å². The Balaban J connectivity index is 3.61. The Labute approximate surface area is 97.7 Å². The molecule has 0 fully saturated rings. The van der Waals surface area contributed by atoms with Gasteiger partial charge in [-0.25, -0.2) is 0 Å². The molecular formula is C10H13NO6. The number of nitro groups is 1. The number of hydrogen-bond acceptors (Lipinski definition) is 6. The molecule has 94 valence electrons. The zero-order valence-electron chi connectivity index (χ0n) is 9.72. The average molecular weight is 243 g/mol. The van der Waals surface area contributed by atoms with Crippen molar-refractivity contribution in [3.05, 3.63) is 21.7 Å². The predicted molar refractivity (Wildman–Crippen MR) is 58.7 cm³/mol. The van der Waals surface area contributed by atoms with Crippen LogP contribution in [-0.4, -0.2) is 31.4 Å². The molecule has 0 saturated heterocycles. The van der Waals surface area contributed by atoms with Gasteiger partial charge < -0.3 is 19.3 Å². The summed E-state index contributed by atoms with van der Waals surface area (Å²) in [6.07, 6.45) is 0. The number of ether oxygens (including phenoxy) is 3. The third-order valence-corrected chi connectivity index (χ3v) is 2.27. The maximum Gasteiger partial charge on any atom is 0.352 e. The highest BCUT2D eigenvalue weighted by Crippen LogP contribution is 2.44. The predicted octanol–water partition coefficient (Wildman–Crippen LogP) is 1.11. The van der Waals surface area contributed by atoms with E-state index in [1.165, 1.54) is 27.4 Å². The van der Waals surface area contributed by atoms with Gasteiger partial charge in [0.25, 0.3) is 0 Å². The largest absolute Gasteiger partial charge is 0.496 e. The maximum absolute atomic E-state index is 11.0. The summed E-state index contributed by atoms with van der Waals surface area (Å²) in [7, 11) is 3.97. The van der Waals surface area contributed by atoms with Crippen molar-refractivity contribution in [2.75, 3.05) is 21.3 Å². The molecule has 7 heteroatoms. The summed E-state index contributed by atoms with van der Waals surface area (Å²) in [4.78, 5) is 10.3. The van der Waals surface area contributed by atoms with Gasteiger partial charge in [0.05, 0.1) is 38.4 Å². The zero-order chi connectivity index (χ0) is 13.0. The first-order valence-electron chi connectivity index (χ1n) is 4.67. The molecule has 0 spiro atoms. The molecule has 0 aliphatic heterocycles. The monoisotopic (exact) mass is 243 g/mol. The third kappa shape index (κ3) is 2.23. The van der Waals surface area contributed by atoms with E-state index in [0.29, 0.717) is 0 Å². The van der Waals surface area contributed by atoms with E-state index < -0.39 is 11.5 Å². The highest BCUT2D eigenvalue weighted by molar-refractivity contribution is 5.65. The minimum atomic E-state index is -0.629. The standard InChI is InChI=1S/C10H13NO6/c1-15-7-4-8(16-2)9(11(13)14)10(17-3)6(7)5-12/h4,12H,5H2,1-3H3. The van der Waals surface area contributed by atoms with Crippen molar-refractivity contribution in [2.24, 2.45) is 0 Å². The van der Waals surface area contributed by atoms with Crippen molar-refractivity contribution < 1.29 is 24.2 Å². The van der Waals surface area contributed by atoms with Gasteiger partial charge in [-0.3, -0.25) is 10.1 Å². The summed E-state index contributed by atoms with van der Waals surface area (Å²) < 4.78 is 14.9. The van der Waals surface area contributed by atoms with Crippen molar-refractivity contribution in [1.29, 1.82) is 0 Å². The first-order valence-corrected chi connectivity index (χ1v) is 4.67. The van der Waals surface area contributed by atoms with E-state index in [2.05, 4.69) is 0 Å². The molecule has 0 unspecified atom stereocenters. The van der Waals surface area contributed by atoms with Crippen molar-refractivity contribution in [3.8, 4) is 17.2 Å². The smallest absolute Gasteiger partial charge is 0.352 e. The molecule has 0 atom stereocenters. The van der Waals surface area contributed by atoms with Gasteiger partial charge in [0.1, 0.15) is 5.75 Å². The van der Waals surface area contributed by atoms with E-state index in [9.17, 15) is 15.2 Å². The van der Waals surface area contributed by atoms with Gasteiger partial charge in [-0.15, -0.1) is 0 Å². The molecule has 0 amide bonds. The van der Waals surface area contributed by atoms with Crippen molar-refractivity contribution in [1.82, 2.24) is 0 Å². The first kappa shape index (κ1) is 13.0. The second kappa shape index (κ2) is 5.35. The number of aliphatic hydroxyl groups is 1. The maximum atomic E-state index is 11.0. The van der Waals surface area contributed by atoms with Crippen LogP contribution >= 0.6 is 0 Å². The molecule has 0 aliphatic rings. The molecule has 0 heterocycles. The fourth-order valence-electron chi connectivity index (χ4n) is 1.52. The summed E-state index contributed by atoms with van der Waals surface area (Å²) in [5.41, 5.74) is -0.123. The Hall–Kier alpha value is -2.02. The van der Waals surface area contributed by atoms with Gasteiger partial charge in [0, 0.05) is 6.07 Å². The second-order valence-electron chi connectivity index (χ2n) is 3.06. The van der Waals surface area contributed by atoms with Crippen LogP contribution in [0.2, 0.25) is 0 Å². The average Bonchev–Trinajstić information content (AvgIpc) is 2.35. The van der Waals surface area contributed by atoms with Gasteiger partial charge in [-0.1, -0.05) is 0 Å². The number of aliphatic hydroxyl groups excluding tert-OH is 1. The molecule has 0 bridgehead atoms. The van der Waals surface area contributed by atoms with E-state index in [4.69, 9.17) is 14.2 Å². The molecule has 0 saturated carbocycles. The normalized spacial score (nSPS) is 9.88. The van der Waals surface area contributed by atoms with Crippen LogP contribution in [0.3, 0.4) is 0 Å². The van der Waals surface area contributed by atoms with Crippen LogP contribution in [0.4, 0.5) is 5.69 Å². The van der Waals surface area contributed by atoms with E-state index in [1.54, 1.807) is 0 Å². The van der Waals surface area contributed by atoms with E-state index >= 15 is 0 Å². The third-order valence-electron chi connectivity index (χ3n) is 2.27. The van der Waals surface area contributed by atoms with E-state index in [0.717, 1.165) is 0 Å². The van der Waals surface area contributed by atoms with Crippen molar-refractivity contribution >= 4 is 5.69 Å². The molecule has 1 aromatic carbocycles. The van der Waals surface area contributed by atoms with Crippen LogP contribution in [0, 0.1) is 10.1 Å². The number of rotatable bonds is 5. The van der Waals surface area contributed by atoms with Gasteiger partial charge >= 0.3 is 5.69 Å². The first-order chi connectivity index (χ1) is 8.10. The van der Waals surface area contributed by atoms with Crippen molar-refractivity contribution in [3.63, 3.8) is 0 Å². The summed E-state index contributed by atoms with van der Waals surface area (Å²) in [6.45, 7) is -0.433. The highest BCUT2D eigenvalue weighted by atomic mass is 16.6. The van der Waals surface area contributed by atoms with Crippen LogP contribution in [0.15, 0.2) is 6.07 Å². The van der Waals surface area contributed by atoms with Crippen LogP contribution in [0.5, 0.6) is 17.2 Å². The second-order valence-corrected chi connectivity index (χ2v) is 3.06. The lowest BCUT2D eigenvalue weighted by atomic mass is 10.1. The lowest BCUT2D eigenvalue weighted by Gasteiger charge is -2.13. The molecule has 1 rings (SSSR count). The van der Waals surface area contributed by atoms with Crippen LogP contribution in [0.1, 0.15) is 5.56 Å². The highest BCUT2D eigenvalue weighted by Gasteiger charge is 2.28. The minimum Gasteiger partial charge on any atom is -0.496 e. The zero-order valence-corrected chi connectivity index (χ0v) is 9.72. The lowest BCUT2D eigenvalue weighted by molar-refractivity contribution is -0.386. The molecule has 0 radical (unpaired) electrons. The van der Waals surface area contributed by atoms with E-state index in [1.807, 2.05) is 0 Å². The molecule has 17 heavy (non-hydrogen) atoms. The van der Waals surface area contributed by atoms with Crippen LogP contribution < -0.4 is 14.2 Å². The lowest BCUT2D eigenvalue weighted by Crippen LogP contribution is -2.03. The Morgan fingerprint density at radius 2 is 1.82 bits per heavy atom. The Kier molecular flexibility index (Phi) is 4.11. The quantitative estimate of drug-likeness (QED) is 0.615. The number of nitrogens with zero attached hydrogens (tertiary/aromatic N) is 1. The van der Waals surface area contributed by atoms with Crippen LogP contribution in [-0.2, 0) is 6.61 Å². The van der Waals surface area contributed by atoms with Crippen molar-refractivity contribution in [2.45, 2.75) is 6.61 Å². The molecule has 0 aromatic heterocycles. The summed E-state index contributed by atoms with van der Waals surface area (Å²) in [6, 6.07) is 1.34. The number of hydrogen-bond donors (Lipinski definition) is 1. The Morgan fingerprint density at radius 1 is 1.24 bits per heavy atom. The minimum absolute atomic E-state index is 0.0147. The number of nitro benzene ring substituents is 1. The number of methoxy groups -OCH3 is 3. The van der Waals surface area contributed by atoms with Crippen LogP contribution in [0.25, 0.3) is 0 Å². The van der Waals surface area contributed by atoms with Gasteiger partial charge in [-0.05, 0) is 0 Å². The summed E-state index contributed by atoms with van der Waals surface area (Å²) in [5, 5.41) is 20.2. The number of benzene rings is 1. The van der Waals surface area contributed by atoms with Gasteiger partial charge in [0.2, 0.25) is 11.5 Å². The SMILES string of the molecule is COc1cc(OC)c([N+](=O)[O-])c(OC)c1CO. The molecule has 1 N–H and O–H groups in total. The topological polar surface area (TPSA) is 91.1 Å². The summed E-state index contributed by atoms with van der Waals surface area (Å²) >= 11 is 0. The Bertz CT molecular complexity index is 431. The molecule has 0 aliphatic carbocycles. The summed E-state index contributed by atoms with van der Waals surface area (Å²) in [5.74, 6) is 0.224. The molecule has 1 aromatic rings. The molecular weight excluding hydrogens is 230 g/mol. The Morgan fingerprint density at radius 3 is 2.18 bits per heavy atom. The van der Waals surface area contributed by atoms with Gasteiger partial charge in [0.15, 0.2) is 0 Å².